The van der Waals surface area contributed by atoms with Crippen molar-refractivity contribution in [2.75, 3.05) is 13.1 Å². The molecule has 1 rings (SSSR count). The van der Waals surface area contributed by atoms with Crippen LogP contribution in [0.15, 0.2) is 0 Å². The minimum absolute atomic E-state index is 0.0169. The van der Waals surface area contributed by atoms with Crippen molar-refractivity contribution in [2.45, 2.75) is 19.4 Å². The molecule has 1 saturated heterocycles. The highest BCUT2D eigenvalue weighted by Crippen LogP contribution is 2.19. The number of amides is 1. The van der Waals surface area contributed by atoms with Gasteiger partial charge in [0, 0.05) is 19.0 Å². The Morgan fingerprint density at radius 3 is 2.46 bits per heavy atom. The van der Waals surface area contributed by atoms with Gasteiger partial charge in [-0.3, -0.25) is 4.79 Å². The van der Waals surface area contributed by atoms with E-state index in [0.29, 0.717) is 6.54 Å². The summed E-state index contributed by atoms with van der Waals surface area (Å²) in [5.74, 6) is -2.36. The largest absolute Gasteiger partial charge is 0.474 e. The van der Waals surface area contributed by atoms with Gasteiger partial charge in [0.05, 0.1) is 6.10 Å². The van der Waals surface area contributed by atoms with Gasteiger partial charge in [0.1, 0.15) is 0 Å². The second kappa shape index (κ2) is 3.74. The molecule has 0 saturated carbocycles. The molecule has 0 aliphatic carbocycles. The predicted octanol–water partition coefficient (Wildman–Crippen LogP) is -0.700. The van der Waals surface area contributed by atoms with Gasteiger partial charge >= 0.3 is 11.9 Å². The Morgan fingerprint density at radius 1 is 1.46 bits per heavy atom. The molecule has 0 bridgehead atoms. The predicted molar refractivity (Wildman–Crippen MR) is 44.0 cm³/mol. The summed E-state index contributed by atoms with van der Waals surface area (Å²) in [5.41, 5.74) is 0. The van der Waals surface area contributed by atoms with E-state index >= 15 is 0 Å². The van der Waals surface area contributed by atoms with Crippen molar-refractivity contribution >= 4 is 11.9 Å². The number of carbonyl (C=O) groups is 2. The smallest absolute Gasteiger partial charge is 0.394 e. The van der Waals surface area contributed by atoms with Crippen molar-refractivity contribution in [3.8, 4) is 0 Å². The van der Waals surface area contributed by atoms with Crippen LogP contribution in [0.1, 0.15) is 13.3 Å². The van der Waals surface area contributed by atoms with Gasteiger partial charge in [-0.1, -0.05) is 6.92 Å². The molecule has 5 heteroatoms. The molecule has 74 valence electrons. The number of nitrogens with zero attached hydrogens (tertiary/aromatic N) is 1. The molecule has 0 aromatic carbocycles. The molecule has 13 heavy (non-hydrogen) atoms. The van der Waals surface area contributed by atoms with Crippen molar-refractivity contribution in [1.82, 2.24) is 4.90 Å². The van der Waals surface area contributed by atoms with E-state index < -0.39 is 18.0 Å². The van der Waals surface area contributed by atoms with Crippen LogP contribution in [-0.4, -0.2) is 46.2 Å². The number of aliphatic hydroxyl groups excluding tert-OH is 1. The number of rotatable bonds is 1. The first-order valence-corrected chi connectivity index (χ1v) is 4.26. The van der Waals surface area contributed by atoms with Crippen molar-refractivity contribution in [3.05, 3.63) is 0 Å². The van der Waals surface area contributed by atoms with E-state index in [0.717, 1.165) is 6.42 Å². The van der Waals surface area contributed by atoms with Gasteiger partial charge in [0.15, 0.2) is 0 Å². The maximum absolute atomic E-state index is 11.0. The normalized spacial score (nSPS) is 27.7. The third-order valence-corrected chi connectivity index (χ3v) is 2.40. The van der Waals surface area contributed by atoms with E-state index in [4.69, 9.17) is 5.11 Å². The third-order valence-electron chi connectivity index (χ3n) is 2.40. The summed E-state index contributed by atoms with van der Waals surface area (Å²) in [4.78, 5) is 22.5. The standard InChI is InChI=1S/C8H13NO4/c1-2-5-3-9(4-6(5)10)7(11)8(12)13/h5-6,10H,2-4H2,1H3,(H,12,13). The molecule has 1 aliphatic heterocycles. The van der Waals surface area contributed by atoms with Crippen LogP contribution in [0.3, 0.4) is 0 Å². The summed E-state index contributed by atoms with van der Waals surface area (Å²) in [5, 5.41) is 17.8. The van der Waals surface area contributed by atoms with E-state index in [2.05, 4.69) is 0 Å². The molecule has 2 N–H and O–H groups in total. The zero-order valence-electron chi connectivity index (χ0n) is 7.43. The molecular formula is C8H13NO4. The lowest BCUT2D eigenvalue weighted by molar-refractivity contribution is -0.155. The SMILES string of the molecule is CCC1CN(C(=O)C(=O)O)CC1O. The minimum Gasteiger partial charge on any atom is -0.474 e. The van der Waals surface area contributed by atoms with Crippen molar-refractivity contribution < 1.29 is 19.8 Å². The number of likely N-dealkylation sites (tertiary alicyclic amines) is 1. The first-order chi connectivity index (χ1) is 6.06. The fraction of sp³-hybridized carbons (Fsp3) is 0.750. The van der Waals surface area contributed by atoms with Gasteiger partial charge < -0.3 is 15.1 Å². The van der Waals surface area contributed by atoms with Crippen LogP contribution in [0.4, 0.5) is 0 Å². The molecule has 0 spiro atoms. The van der Waals surface area contributed by atoms with Gasteiger partial charge in [-0.2, -0.15) is 0 Å². The topological polar surface area (TPSA) is 77.8 Å². The Morgan fingerprint density at radius 2 is 2.08 bits per heavy atom. The van der Waals surface area contributed by atoms with E-state index in [1.807, 2.05) is 6.92 Å². The maximum atomic E-state index is 11.0. The lowest BCUT2D eigenvalue weighted by atomic mass is 10.0. The molecule has 1 fully saturated rings. The lowest BCUT2D eigenvalue weighted by Crippen LogP contribution is -2.35. The summed E-state index contributed by atoms with van der Waals surface area (Å²) >= 11 is 0. The Balaban J connectivity index is 2.58. The number of aliphatic hydroxyl groups is 1. The quantitative estimate of drug-likeness (QED) is 0.532. The first kappa shape index (κ1) is 9.98. The fourth-order valence-corrected chi connectivity index (χ4v) is 1.56. The molecule has 2 unspecified atom stereocenters. The summed E-state index contributed by atoms with van der Waals surface area (Å²) in [6.45, 7) is 2.40. The Bertz CT molecular complexity index is 228. The highest BCUT2D eigenvalue weighted by atomic mass is 16.4. The average Bonchev–Trinajstić information content (AvgIpc) is 2.45. The molecule has 1 aliphatic rings. The van der Waals surface area contributed by atoms with Crippen LogP contribution < -0.4 is 0 Å². The second-order valence-corrected chi connectivity index (χ2v) is 3.25. The second-order valence-electron chi connectivity index (χ2n) is 3.25. The molecular weight excluding hydrogens is 174 g/mol. The van der Waals surface area contributed by atoms with Crippen LogP contribution in [0.5, 0.6) is 0 Å². The highest BCUT2D eigenvalue weighted by molar-refractivity contribution is 6.31. The number of β-amino-alcohol motifs (C(OH)–C–C–N with tert-alkyl or cyclic N) is 1. The number of carbonyl (C=O) groups excluding carboxylic acids is 1. The number of carboxylic acids is 1. The van der Waals surface area contributed by atoms with Crippen LogP contribution in [0.25, 0.3) is 0 Å². The van der Waals surface area contributed by atoms with Crippen LogP contribution in [0, 0.1) is 5.92 Å². The Kier molecular flexibility index (Phi) is 2.87. The molecule has 5 nitrogen and oxygen atoms in total. The van der Waals surface area contributed by atoms with Gasteiger partial charge in [-0.15, -0.1) is 0 Å². The minimum atomic E-state index is -1.45. The lowest BCUT2D eigenvalue weighted by Gasteiger charge is -2.11. The van der Waals surface area contributed by atoms with E-state index in [9.17, 15) is 14.7 Å². The van der Waals surface area contributed by atoms with Crippen LogP contribution in [0.2, 0.25) is 0 Å². The third kappa shape index (κ3) is 1.98. The van der Waals surface area contributed by atoms with Gasteiger partial charge in [-0.05, 0) is 6.42 Å². The number of aliphatic carboxylic acids is 1. The number of hydrogen-bond donors (Lipinski definition) is 2. The van der Waals surface area contributed by atoms with E-state index in [1.165, 1.54) is 4.90 Å². The summed E-state index contributed by atoms with van der Waals surface area (Å²) in [6.07, 6.45) is 0.179. The monoisotopic (exact) mass is 187 g/mol. The molecule has 0 aromatic heterocycles. The number of carboxylic acid groups (broad SMARTS) is 1. The summed E-state index contributed by atoms with van der Waals surface area (Å²) < 4.78 is 0. The molecule has 2 atom stereocenters. The molecule has 1 heterocycles. The fourth-order valence-electron chi connectivity index (χ4n) is 1.56. The Hall–Kier alpha value is -1.10. The molecule has 0 aromatic rings. The Labute approximate surface area is 76.0 Å². The highest BCUT2D eigenvalue weighted by Gasteiger charge is 2.34. The zero-order chi connectivity index (χ0) is 10.0. The van der Waals surface area contributed by atoms with Gasteiger partial charge in [0.25, 0.3) is 0 Å². The number of hydrogen-bond acceptors (Lipinski definition) is 3. The van der Waals surface area contributed by atoms with E-state index in [-0.39, 0.29) is 12.5 Å². The maximum Gasteiger partial charge on any atom is 0.394 e. The van der Waals surface area contributed by atoms with Crippen molar-refractivity contribution in [2.24, 2.45) is 5.92 Å². The van der Waals surface area contributed by atoms with Crippen LogP contribution in [-0.2, 0) is 9.59 Å². The van der Waals surface area contributed by atoms with Gasteiger partial charge in [-0.25, -0.2) is 4.79 Å². The van der Waals surface area contributed by atoms with Crippen molar-refractivity contribution in [1.29, 1.82) is 0 Å². The molecule has 0 radical (unpaired) electrons. The zero-order valence-corrected chi connectivity index (χ0v) is 7.43. The summed E-state index contributed by atoms with van der Waals surface area (Å²) in [6, 6.07) is 0. The van der Waals surface area contributed by atoms with E-state index in [1.54, 1.807) is 0 Å². The average molecular weight is 187 g/mol. The van der Waals surface area contributed by atoms with Crippen LogP contribution >= 0.6 is 0 Å². The summed E-state index contributed by atoms with van der Waals surface area (Å²) in [7, 11) is 0. The van der Waals surface area contributed by atoms with Crippen molar-refractivity contribution in [3.63, 3.8) is 0 Å². The van der Waals surface area contributed by atoms with Gasteiger partial charge in [0.2, 0.25) is 0 Å². The molecule has 1 amide bonds. The first-order valence-electron chi connectivity index (χ1n) is 4.26.